The van der Waals surface area contributed by atoms with Crippen LogP contribution in [0, 0.1) is 13.8 Å². The number of rotatable bonds is 6. The van der Waals surface area contributed by atoms with Crippen molar-refractivity contribution in [2.75, 3.05) is 5.32 Å². The molecule has 0 saturated heterocycles. The monoisotopic (exact) mass is 505 g/mol. The van der Waals surface area contributed by atoms with E-state index in [0.29, 0.717) is 11.6 Å². The fraction of sp³-hybridized carbons (Fsp3) is 0.250. The van der Waals surface area contributed by atoms with E-state index in [0.717, 1.165) is 33.8 Å². The molecule has 36 heavy (non-hydrogen) atoms. The van der Waals surface area contributed by atoms with Crippen LogP contribution in [0.1, 0.15) is 36.6 Å². The molecule has 0 bridgehead atoms. The van der Waals surface area contributed by atoms with Gasteiger partial charge >= 0.3 is 5.69 Å². The average Bonchev–Trinajstić information content (AvgIpc) is 3.54. The summed E-state index contributed by atoms with van der Waals surface area (Å²) < 4.78 is 6.72. The Hall–Kier alpha value is -4.32. The minimum atomic E-state index is -1.16. The van der Waals surface area contributed by atoms with E-state index >= 15 is 0 Å². The first-order valence-corrected chi connectivity index (χ1v) is 12.0. The van der Waals surface area contributed by atoms with Crippen molar-refractivity contribution < 1.29 is 9.32 Å². The number of fused-ring (bicyclic) bond motifs is 1. The highest BCUT2D eigenvalue weighted by molar-refractivity contribution is 7.13. The number of hydrogen-bond acceptors (Lipinski definition) is 8. The van der Waals surface area contributed by atoms with Gasteiger partial charge in [-0.05, 0) is 38.8 Å². The van der Waals surface area contributed by atoms with Crippen molar-refractivity contribution in [3.8, 4) is 11.1 Å². The zero-order chi connectivity index (χ0) is 25.6. The number of nitrogens with zero attached hydrogens (tertiary/aromatic N) is 4. The molecule has 5 aromatic rings. The van der Waals surface area contributed by atoms with Crippen molar-refractivity contribution in [2.24, 2.45) is 0 Å². The Bertz CT molecular complexity index is 1680. The van der Waals surface area contributed by atoms with E-state index in [-0.39, 0.29) is 17.1 Å². The molecule has 0 fully saturated rings. The van der Waals surface area contributed by atoms with Gasteiger partial charge in [0.2, 0.25) is 0 Å². The van der Waals surface area contributed by atoms with E-state index in [1.54, 1.807) is 13.8 Å². The van der Waals surface area contributed by atoms with Crippen LogP contribution in [0.5, 0.6) is 0 Å². The van der Waals surface area contributed by atoms with Crippen LogP contribution in [-0.2, 0) is 16.8 Å². The molecule has 5 rings (SSSR count). The number of thiazole rings is 1. The molecule has 11 nitrogen and oxygen atoms in total. The van der Waals surface area contributed by atoms with Crippen molar-refractivity contribution in [3.05, 3.63) is 79.5 Å². The molecule has 0 atom stereocenters. The number of imidazole rings is 1. The fourth-order valence-electron chi connectivity index (χ4n) is 4.06. The van der Waals surface area contributed by atoms with Gasteiger partial charge in [0.25, 0.3) is 11.5 Å². The van der Waals surface area contributed by atoms with Gasteiger partial charge in [-0.2, -0.15) is 0 Å². The normalized spacial score (nSPS) is 11.8. The third kappa shape index (κ3) is 4.15. The molecule has 3 N–H and O–H groups in total. The summed E-state index contributed by atoms with van der Waals surface area (Å²) in [4.78, 5) is 50.1. The van der Waals surface area contributed by atoms with Gasteiger partial charge < -0.3 is 9.09 Å². The Morgan fingerprint density at radius 1 is 1.17 bits per heavy atom. The highest BCUT2D eigenvalue weighted by atomic mass is 32.1. The second kappa shape index (κ2) is 8.72. The third-order valence-electron chi connectivity index (χ3n) is 6.03. The predicted molar refractivity (Wildman–Crippen MR) is 135 cm³/mol. The molecule has 4 heterocycles. The lowest BCUT2D eigenvalue weighted by molar-refractivity contribution is -0.122. The van der Waals surface area contributed by atoms with Crippen LogP contribution in [0.2, 0.25) is 0 Å². The number of aryl methyl sites for hydroxylation is 2. The van der Waals surface area contributed by atoms with Crippen molar-refractivity contribution in [2.45, 2.75) is 39.7 Å². The minimum Gasteiger partial charge on any atom is -0.361 e. The van der Waals surface area contributed by atoms with Crippen LogP contribution in [0.15, 0.2) is 50.1 Å². The highest BCUT2D eigenvalue weighted by Crippen LogP contribution is 2.28. The number of carbonyl (C=O) groups is 1. The molecule has 0 radical (unpaired) electrons. The Kier molecular flexibility index (Phi) is 5.67. The summed E-state index contributed by atoms with van der Waals surface area (Å²) in [6, 6.07) is 8.14. The molecule has 1 aromatic carbocycles. The Balaban J connectivity index is 1.31. The number of aromatic nitrogens is 6. The van der Waals surface area contributed by atoms with Crippen LogP contribution in [-0.4, -0.2) is 35.6 Å². The van der Waals surface area contributed by atoms with Crippen LogP contribution in [0.25, 0.3) is 22.3 Å². The maximum absolute atomic E-state index is 13.1. The van der Waals surface area contributed by atoms with E-state index in [2.05, 4.69) is 30.4 Å². The smallest absolute Gasteiger partial charge is 0.327 e. The van der Waals surface area contributed by atoms with Crippen LogP contribution >= 0.6 is 11.3 Å². The highest BCUT2D eigenvalue weighted by Gasteiger charge is 2.32. The zero-order valence-electron chi connectivity index (χ0n) is 20.0. The first-order chi connectivity index (χ1) is 17.1. The molecule has 0 aliphatic carbocycles. The second-order valence-corrected chi connectivity index (χ2v) is 9.81. The van der Waals surface area contributed by atoms with Crippen molar-refractivity contribution in [1.29, 1.82) is 0 Å². The average molecular weight is 506 g/mol. The maximum atomic E-state index is 13.1. The zero-order valence-corrected chi connectivity index (χ0v) is 20.8. The van der Waals surface area contributed by atoms with Crippen molar-refractivity contribution in [3.63, 3.8) is 0 Å². The summed E-state index contributed by atoms with van der Waals surface area (Å²) in [5.41, 5.74) is 2.56. The predicted octanol–water partition coefficient (Wildman–Crippen LogP) is 3.11. The van der Waals surface area contributed by atoms with Gasteiger partial charge in [0, 0.05) is 17.4 Å². The lowest BCUT2D eigenvalue weighted by atomic mass is 10.0. The summed E-state index contributed by atoms with van der Waals surface area (Å²) in [6.07, 6.45) is 1.96. The molecule has 4 aromatic heterocycles. The molecule has 0 unspecified atom stereocenters. The van der Waals surface area contributed by atoms with Gasteiger partial charge in [-0.1, -0.05) is 29.4 Å². The van der Waals surface area contributed by atoms with Gasteiger partial charge in [0.05, 0.1) is 17.7 Å². The number of hydrogen-bond donors (Lipinski definition) is 3. The van der Waals surface area contributed by atoms with Gasteiger partial charge in [0.15, 0.2) is 10.6 Å². The number of amides is 1. The fourth-order valence-corrected chi connectivity index (χ4v) is 4.76. The molecule has 0 aliphatic rings. The molecule has 0 aliphatic heterocycles. The number of benzene rings is 1. The van der Waals surface area contributed by atoms with E-state index in [1.807, 2.05) is 43.5 Å². The van der Waals surface area contributed by atoms with Crippen molar-refractivity contribution >= 4 is 33.5 Å². The molecule has 0 spiro atoms. The largest absolute Gasteiger partial charge is 0.361 e. The van der Waals surface area contributed by atoms with Gasteiger partial charge in [-0.25, -0.2) is 14.8 Å². The number of aromatic amines is 2. The Labute approximate surface area is 208 Å². The van der Waals surface area contributed by atoms with Crippen LogP contribution in [0.4, 0.5) is 5.13 Å². The molecule has 0 saturated carbocycles. The summed E-state index contributed by atoms with van der Waals surface area (Å²) in [5, 5.41) is 9.19. The van der Waals surface area contributed by atoms with E-state index < -0.39 is 16.8 Å². The topological polar surface area (TPSA) is 152 Å². The van der Waals surface area contributed by atoms with Crippen LogP contribution in [0.3, 0.4) is 0 Å². The number of carbonyl (C=O) groups excluding carboxylic acids is 1. The molecular formula is C24H23N7O4S. The lowest BCUT2D eigenvalue weighted by Gasteiger charge is -2.25. The van der Waals surface area contributed by atoms with Gasteiger partial charge in [-0.3, -0.25) is 24.9 Å². The molecular weight excluding hydrogens is 482 g/mol. The first kappa shape index (κ1) is 23.4. The van der Waals surface area contributed by atoms with E-state index in [1.165, 1.54) is 22.2 Å². The lowest BCUT2D eigenvalue weighted by Crippen LogP contribution is -2.40. The second-order valence-electron chi connectivity index (χ2n) is 8.95. The summed E-state index contributed by atoms with van der Waals surface area (Å²) in [5.74, 6) is 0.414. The molecule has 1 amide bonds. The minimum absolute atomic E-state index is 0.0485. The quantitative estimate of drug-likeness (QED) is 0.321. The SMILES string of the molecule is Cc1noc(C)c1-c1ccc(Cc2csc(NC(=O)C(C)(C)n3cnc4c(=O)[nH]c(=O)[nH]c43)n2)cc1. The summed E-state index contributed by atoms with van der Waals surface area (Å²) in [6.45, 7) is 7.14. The van der Waals surface area contributed by atoms with E-state index in [4.69, 9.17) is 4.52 Å². The molecule has 12 heteroatoms. The molecule has 184 valence electrons. The van der Waals surface area contributed by atoms with E-state index in [9.17, 15) is 14.4 Å². The summed E-state index contributed by atoms with van der Waals surface area (Å²) >= 11 is 1.32. The third-order valence-corrected chi connectivity index (χ3v) is 6.84. The number of anilines is 1. The number of H-pyrrole nitrogens is 2. The van der Waals surface area contributed by atoms with Crippen LogP contribution < -0.4 is 16.6 Å². The maximum Gasteiger partial charge on any atom is 0.327 e. The van der Waals surface area contributed by atoms with Gasteiger partial charge in [0.1, 0.15) is 16.9 Å². The Morgan fingerprint density at radius 3 is 2.61 bits per heavy atom. The standard InChI is InChI=1S/C24H23N7O4S/c1-12-17(13(2)35-30-12)15-7-5-14(6-8-15)9-16-10-36-23(26-16)29-21(33)24(3,4)31-11-25-18-19(31)27-22(34)28-20(18)32/h5-8,10-11H,9H2,1-4H3,(H,26,29,33)(H2,27,28,32,34). The number of nitrogens with one attached hydrogen (secondary N) is 3. The summed E-state index contributed by atoms with van der Waals surface area (Å²) in [7, 11) is 0. The Morgan fingerprint density at radius 2 is 1.92 bits per heavy atom. The van der Waals surface area contributed by atoms with Gasteiger partial charge in [-0.15, -0.1) is 11.3 Å². The first-order valence-electron chi connectivity index (χ1n) is 11.1. The van der Waals surface area contributed by atoms with Crippen molar-refractivity contribution in [1.82, 2.24) is 29.7 Å².